The van der Waals surface area contributed by atoms with Crippen molar-refractivity contribution in [3.05, 3.63) is 23.8 Å². The van der Waals surface area contributed by atoms with E-state index < -0.39 is 17.1 Å². The zero-order valence-electron chi connectivity index (χ0n) is 8.79. The molecule has 16 heavy (non-hydrogen) atoms. The monoisotopic (exact) mass is 241 g/mol. The quantitative estimate of drug-likeness (QED) is 0.630. The van der Waals surface area contributed by atoms with Crippen molar-refractivity contribution in [3.63, 3.8) is 0 Å². The molecule has 2 rings (SSSR count). The molecule has 1 aliphatic rings. The molecule has 1 aliphatic heterocycles. The molecule has 0 fully saturated rings. The summed E-state index contributed by atoms with van der Waals surface area (Å²) in [6, 6.07) is 4.83. The summed E-state index contributed by atoms with van der Waals surface area (Å²) in [5.74, 6) is 0. The summed E-state index contributed by atoms with van der Waals surface area (Å²) >= 11 is 0. The van der Waals surface area contributed by atoms with E-state index in [4.69, 9.17) is 10.0 Å². The van der Waals surface area contributed by atoms with Gasteiger partial charge in [-0.05, 0) is 23.5 Å². The number of fused-ring (bicyclic) bond motifs is 1. The Bertz CT molecular complexity index is 514. The van der Waals surface area contributed by atoms with E-state index in [0.29, 0.717) is 24.1 Å². The average molecular weight is 241 g/mol. The standard InChI is InChI=1S/C9H12BNO4S/c1-16(14,15)11-5-4-7-2-3-8(10(12)13)6-9(7)11/h2-3,6,12-13H,4-5H2,1H3. The maximum atomic E-state index is 11.5. The van der Waals surface area contributed by atoms with Crippen molar-refractivity contribution in [2.75, 3.05) is 17.1 Å². The molecule has 0 aliphatic carbocycles. The molecule has 7 heteroatoms. The topological polar surface area (TPSA) is 77.8 Å². The number of nitrogens with zero attached hydrogens (tertiary/aromatic N) is 1. The van der Waals surface area contributed by atoms with Crippen molar-refractivity contribution in [3.8, 4) is 0 Å². The summed E-state index contributed by atoms with van der Waals surface area (Å²) < 4.78 is 24.2. The minimum atomic E-state index is -3.29. The van der Waals surface area contributed by atoms with Crippen LogP contribution in [0.2, 0.25) is 0 Å². The normalized spacial score (nSPS) is 15.1. The fraction of sp³-hybridized carbons (Fsp3) is 0.333. The highest BCUT2D eigenvalue weighted by molar-refractivity contribution is 7.92. The second kappa shape index (κ2) is 3.76. The van der Waals surface area contributed by atoms with Gasteiger partial charge < -0.3 is 10.0 Å². The molecule has 0 atom stereocenters. The number of benzene rings is 1. The minimum Gasteiger partial charge on any atom is -0.423 e. The van der Waals surface area contributed by atoms with Crippen molar-refractivity contribution in [1.29, 1.82) is 0 Å². The second-order valence-electron chi connectivity index (χ2n) is 3.85. The Morgan fingerprint density at radius 1 is 1.38 bits per heavy atom. The lowest BCUT2D eigenvalue weighted by atomic mass is 9.80. The zero-order chi connectivity index (χ0) is 11.9. The van der Waals surface area contributed by atoms with Crippen molar-refractivity contribution in [2.45, 2.75) is 6.42 Å². The van der Waals surface area contributed by atoms with E-state index >= 15 is 0 Å². The van der Waals surface area contributed by atoms with Crippen LogP contribution in [0.4, 0.5) is 5.69 Å². The summed E-state index contributed by atoms with van der Waals surface area (Å²) in [7, 11) is -4.86. The second-order valence-corrected chi connectivity index (χ2v) is 5.75. The van der Waals surface area contributed by atoms with Gasteiger partial charge in [0, 0.05) is 6.54 Å². The molecule has 0 radical (unpaired) electrons. The molecule has 1 aromatic rings. The predicted octanol–water partition coefficient (Wildman–Crippen LogP) is -1.31. The first-order chi connectivity index (χ1) is 7.39. The van der Waals surface area contributed by atoms with E-state index in [1.54, 1.807) is 12.1 Å². The SMILES string of the molecule is CS(=O)(=O)N1CCc2ccc(B(O)O)cc21. The highest BCUT2D eigenvalue weighted by Crippen LogP contribution is 2.28. The van der Waals surface area contributed by atoms with Gasteiger partial charge in [-0.2, -0.15) is 0 Å². The number of anilines is 1. The minimum absolute atomic E-state index is 0.300. The van der Waals surface area contributed by atoms with E-state index in [1.165, 1.54) is 10.4 Å². The van der Waals surface area contributed by atoms with Gasteiger partial charge in [0.25, 0.3) is 0 Å². The van der Waals surface area contributed by atoms with Gasteiger partial charge in [0.15, 0.2) is 0 Å². The van der Waals surface area contributed by atoms with Crippen LogP contribution < -0.4 is 9.77 Å². The molecular formula is C9H12BNO4S. The van der Waals surface area contributed by atoms with Gasteiger partial charge in [0.05, 0.1) is 11.9 Å². The van der Waals surface area contributed by atoms with Crippen LogP contribution >= 0.6 is 0 Å². The van der Waals surface area contributed by atoms with Crippen LogP contribution in [0.15, 0.2) is 18.2 Å². The Hall–Kier alpha value is -1.05. The fourth-order valence-corrected chi connectivity index (χ4v) is 2.82. The summed E-state index contributed by atoms with van der Waals surface area (Å²) in [6.45, 7) is 0.416. The summed E-state index contributed by atoms with van der Waals surface area (Å²) in [4.78, 5) is 0. The Kier molecular flexibility index (Phi) is 2.69. The van der Waals surface area contributed by atoms with Gasteiger partial charge in [-0.3, -0.25) is 4.31 Å². The van der Waals surface area contributed by atoms with E-state index in [9.17, 15) is 8.42 Å². The summed E-state index contributed by atoms with van der Waals surface area (Å²) in [6.07, 6.45) is 1.80. The highest BCUT2D eigenvalue weighted by atomic mass is 32.2. The first kappa shape index (κ1) is 11.4. The Morgan fingerprint density at radius 3 is 2.62 bits per heavy atom. The van der Waals surface area contributed by atoms with Gasteiger partial charge in [0.1, 0.15) is 0 Å². The van der Waals surface area contributed by atoms with E-state index in [1.807, 2.05) is 0 Å². The van der Waals surface area contributed by atoms with E-state index in [2.05, 4.69) is 0 Å². The van der Waals surface area contributed by atoms with E-state index in [0.717, 1.165) is 11.8 Å². The smallest absolute Gasteiger partial charge is 0.423 e. The number of hydrogen-bond donors (Lipinski definition) is 2. The summed E-state index contributed by atoms with van der Waals surface area (Å²) in [5, 5.41) is 18.1. The third-order valence-corrected chi connectivity index (χ3v) is 3.84. The van der Waals surface area contributed by atoms with Gasteiger partial charge in [0.2, 0.25) is 10.0 Å². The molecule has 2 N–H and O–H groups in total. The maximum absolute atomic E-state index is 11.5. The molecule has 5 nitrogen and oxygen atoms in total. The van der Waals surface area contributed by atoms with Crippen LogP contribution in [-0.2, 0) is 16.4 Å². The van der Waals surface area contributed by atoms with Crippen molar-refractivity contribution in [2.24, 2.45) is 0 Å². The van der Waals surface area contributed by atoms with Crippen LogP contribution in [0.3, 0.4) is 0 Å². The highest BCUT2D eigenvalue weighted by Gasteiger charge is 2.27. The van der Waals surface area contributed by atoms with Crippen LogP contribution in [-0.4, -0.2) is 38.4 Å². The Morgan fingerprint density at radius 2 is 2.06 bits per heavy atom. The Labute approximate surface area is 94.5 Å². The van der Waals surface area contributed by atoms with Crippen molar-refractivity contribution in [1.82, 2.24) is 0 Å². The van der Waals surface area contributed by atoms with Crippen LogP contribution in [0.25, 0.3) is 0 Å². The number of hydrogen-bond acceptors (Lipinski definition) is 4. The third-order valence-electron chi connectivity index (χ3n) is 2.66. The van der Waals surface area contributed by atoms with Crippen molar-refractivity contribution < 1.29 is 18.5 Å². The van der Waals surface area contributed by atoms with Gasteiger partial charge in [-0.1, -0.05) is 12.1 Å². The molecule has 0 amide bonds. The predicted molar refractivity (Wildman–Crippen MR) is 62.2 cm³/mol. The molecule has 0 aromatic heterocycles. The third kappa shape index (κ3) is 1.93. The molecular weight excluding hydrogens is 229 g/mol. The molecule has 1 aromatic carbocycles. The van der Waals surface area contributed by atoms with Crippen LogP contribution in [0, 0.1) is 0 Å². The molecule has 0 unspecified atom stereocenters. The van der Waals surface area contributed by atoms with Crippen molar-refractivity contribution >= 4 is 28.3 Å². The van der Waals surface area contributed by atoms with Gasteiger partial charge in [-0.15, -0.1) is 0 Å². The van der Waals surface area contributed by atoms with Gasteiger partial charge >= 0.3 is 7.12 Å². The Balaban J connectivity index is 2.49. The van der Waals surface area contributed by atoms with Gasteiger partial charge in [-0.25, -0.2) is 8.42 Å². The molecule has 0 saturated heterocycles. The molecule has 86 valence electrons. The molecule has 0 saturated carbocycles. The lowest BCUT2D eigenvalue weighted by Crippen LogP contribution is -2.32. The van der Waals surface area contributed by atoms with Crippen LogP contribution in [0.1, 0.15) is 5.56 Å². The molecule has 1 heterocycles. The number of sulfonamides is 1. The lowest BCUT2D eigenvalue weighted by Gasteiger charge is -2.17. The maximum Gasteiger partial charge on any atom is 0.488 e. The first-order valence-electron chi connectivity index (χ1n) is 4.86. The fourth-order valence-electron chi connectivity index (χ4n) is 1.87. The first-order valence-corrected chi connectivity index (χ1v) is 6.71. The number of rotatable bonds is 2. The zero-order valence-corrected chi connectivity index (χ0v) is 9.61. The lowest BCUT2D eigenvalue weighted by molar-refractivity contribution is 0.426. The summed E-state index contributed by atoms with van der Waals surface area (Å²) in [5.41, 5.74) is 1.76. The van der Waals surface area contributed by atoms with E-state index in [-0.39, 0.29) is 0 Å². The molecule has 0 bridgehead atoms. The largest absolute Gasteiger partial charge is 0.488 e. The molecule has 0 spiro atoms. The van der Waals surface area contributed by atoms with Crippen LogP contribution in [0.5, 0.6) is 0 Å². The average Bonchev–Trinajstić information content (AvgIpc) is 2.58.